The van der Waals surface area contributed by atoms with Gasteiger partial charge in [0.25, 0.3) is 11.5 Å². The maximum Gasteiger partial charge on any atom is 0.405 e. The molecule has 1 aliphatic heterocycles. The summed E-state index contributed by atoms with van der Waals surface area (Å²) in [6, 6.07) is 4.85. The van der Waals surface area contributed by atoms with Gasteiger partial charge in [-0.3, -0.25) is 9.59 Å². The first-order chi connectivity index (χ1) is 15.5. The lowest BCUT2D eigenvalue weighted by molar-refractivity contribution is -0.121. The van der Waals surface area contributed by atoms with E-state index in [1.807, 2.05) is 6.07 Å². The SMILES string of the molecule is Cc1cc(C(=O)NCc2c(C)cc(C)[nH]c2=O)c(C)c(N(CC(F)(F)F)C2CCOCC2)c1. The Morgan fingerprint density at radius 1 is 1.15 bits per heavy atom. The molecule has 0 atom stereocenters. The highest BCUT2D eigenvalue weighted by Gasteiger charge is 2.36. The molecular weight excluding hydrogens is 435 g/mol. The minimum atomic E-state index is -4.39. The minimum Gasteiger partial charge on any atom is -0.381 e. The molecule has 0 spiro atoms. The first kappa shape index (κ1) is 24.8. The molecule has 2 aromatic rings. The van der Waals surface area contributed by atoms with Crippen LogP contribution < -0.4 is 15.8 Å². The standard InChI is InChI=1S/C24H30F3N3O3/c1-14-9-19(22(31)28-12-20-15(2)11-16(3)29-23(20)32)17(4)21(10-14)30(13-24(25,26)27)18-5-7-33-8-6-18/h9-11,18H,5-8,12-13H2,1-4H3,(H,28,31)(H,29,32). The van der Waals surface area contributed by atoms with E-state index < -0.39 is 18.6 Å². The van der Waals surface area contributed by atoms with Gasteiger partial charge in [0.1, 0.15) is 6.54 Å². The van der Waals surface area contributed by atoms with Gasteiger partial charge >= 0.3 is 6.18 Å². The molecule has 2 heterocycles. The molecule has 33 heavy (non-hydrogen) atoms. The van der Waals surface area contributed by atoms with Crippen LogP contribution in [0.25, 0.3) is 0 Å². The first-order valence-corrected chi connectivity index (χ1v) is 11.0. The molecule has 0 bridgehead atoms. The van der Waals surface area contributed by atoms with Crippen LogP contribution in [0.2, 0.25) is 0 Å². The fraction of sp³-hybridized carbons (Fsp3) is 0.500. The Labute approximate surface area is 191 Å². The molecule has 1 amide bonds. The summed E-state index contributed by atoms with van der Waals surface area (Å²) in [6.45, 7) is 6.72. The molecule has 1 aliphatic rings. The Balaban J connectivity index is 1.91. The number of nitrogens with one attached hydrogen (secondary N) is 2. The van der Waals surface area contributed by atoms with Crippen molar-refractivity contribution in [2.24, 2.45) is 0 Å². The minimum absolute atomic E-state index is 0.0230. The van der Waals surface area contributed by atoms with E-state index in [0.29, 0.717) is 54.0 Å². The highest BCUT2D eigenvalue weighted by molar-refractivity contribution is 5.97. The quantitative estimate of drug-likeness (QED) is 0.674. The summed E-state index contributed by atoms with van der Waals surface area (Å²) in [5.41, 5.74) is 3.51. The van der Waals surface area contributed by atoms with E-state index in [9.17, 15) is 22.8 Å². The average molecular weight is 466 g/mol. The number of H-pyrrole nitrogens is 1. The second-order valence-electron chi connectivity index (χ2n) is 8.67. The van der Waals surface area contributed by atoms with Crippen LogP contribution in [0.5, 0.6) is 0 Å². The van der Waals surface area contributed by atoms with E-state index in [1.165, 1.54) is 4.90 Å². The third kappa shape index (κ3) is 6.16. The highest BCUT2D eigenvalue weighted by Crippen LogP contribution is 2.32. The number of benzene rings is 1. The summed E-state index contributed by atoms with van der Waals surface area (Å²) < 4.78 is 45.7. The summed E-state index contributed by atoms with van der Waals surface area (Å²) in [6.07, 6.45) is -3.41. The van der Waals surface area contributed by atoms with Crippen molar-refractivity contribution in [3.63, 3.8) is 0 Å². The van der Waals surface area contributed by atoms with Crippen molar-refractivity contribution in [2.45, 2.75) is 59.3 Å². The van der Waals surface area contributed by atoms with Crippen molar-refractivity contribution in [1.82, 2.24) is 10.3 Å². The highest BCUT2D eigenvalue weighted by atomic mass is 19.4. The molecule has 180 valence electrons. The number of alkyl halides is 3. The van der Waals surface area contributed by atoms with Crippen LogP contribution in [0.3, 0.4) is 0 Å². The van der Waals surface area contributed by atoms with Crippen LogP contribution in [0.4, 0.5) is 18.9 Å². The lowest BCUT2D eigenvalue weighted by Crippen LogP contribution is -2.45. The lowest BCUT2D eigenvalue weighted by atomic mass is 9.98. The van der Waals surface area contributed by atoms with E-state index in [4.69, 9.17) is 4.74 Å². The number of ether oxygens (including phenoxy) is 1. The summed E-state index contributed by atoms with van der Waals surface area (Å²) >= 11 is 0. The van der Waals surface area contributed by atoms with E-state index in [0.717, 1.165) is 11.3 Å². The van der Waals surface area contributed by atoms with Crippen molar-refractivity contribution in [2.75, 3.05) is 24.7 Å². The van der Waals surface area contributed by atoms with E-state index >= 15 is 0 Å². The van der Waals surface area contributed by atoms with Crippen molar-refractivity contribution >= 4 is 11.6 Å². The van der Waals surface area contributed by atoms with Gasteiger partial charge in [-0.05, 0) is 75.4 Å². The maximum absolute atomic E-state index is 13.5. The van der Waals surface area contributed by atoms with E-state index in [1.54, 1.807) is 39.8 Å². The summed E-state index contributed by atoms with van der Waals surface area (Å²) in [5.74, 6) is -0.434. The number of carbonyl (C=O) groups excluding carboxylic acids is 1. The number of aromatic amines is 1. The Hall–Kier alpha value is -2.81. The van der Waals surface area contributed by atoms with Gasteiger partial charge < -0.3 is 19.9 Å². The van der Waals surface area contributed by atoms with Gasteiger partial charge in [-0.2, -0.15) is 13.2 Å². The number of pyridine rings is 1. The Kier molecular flexibility index (Phi) is 7.51. The number of hydrogen-bond donors (Lipinski definition) is 2. The first-order valence-electron chi connectivity index (χ1n) is 11.0. The van der Waals surface area contributed by atoms with Crippen LogP contribution in [0.15, 0.2) is 23.0 Å². The predicted molar refractivity (Wildman–Crippen MR) is 121 cm³/mol. The van der Waals surface area contributed by atoms with Crippen LogP contribution in [-0.4, -0.2) is 42.9 Å². The number of rotatable bonds is 6. The summed E-state index contributed by atoms with van der Waals surface area (Å²) in [7, 11) is 0. The van der Waals surface area contributed by atoms with Crippen LogP contribution in [-0.2, 0) is 11.3 Å². The van der Waals surface area contributed by atoms with Gasteiger partial charge in [0.05, 0.1) is 0 Å². The number of hydrogen-bond acceptors (Lipinski definition) is 4. The van der Waals surface area contributed by atoms with Crippen molar-refractivity contribution < 1.29 is 22.7 Å². The number of anilines is 1. The molecular formula is C24H30F3N3O3. The molecule has 3 rings (SSSR count). The van der Waals surface area contributed by atoms with Gasteiger partial charge in [-0.25, -0.2) is 0 Å². The number of halogens is 3. The monoisotopic (exact) mass is 465 g/mol. The molecule has 0 saturated carbocycles. The number of aromatic nitrogens is 1. The molecule has 1 aromatic heterocycles. The van der Waals surface area contributed by atoms with Gasteiger partial charge in [0.15, 0.2) is 0 Å². The Morgan fingerprint density at radius 3 is 2.42 bits per heavy atom. The normalized spacial score (nSPS) is 14.9. The van der Waals surface area contributed by atoms with Crippen molar-refractivity contribution in [3.8, 4) is 0 Å². The fourth-order valence-corrected chi connectivity index (χ4v) is 4.34. The number of nitrogens with zero attached hydrogens (tertiary/aromatic N) is 1. The smallest absolute Gasteiger partial charge is 0.381 e. The van der Waals surface area contributed by atoms with Gasteiger partial charge in [-0.15, -0.1) is 0 Å². The molecule has 1 aromatic carbocycles. The fourth-order valence-electron chi connectivity index (χ4n) is 4.34. The van der Waals surface area contributed by atoms with Crippen LogP contribution >= 0.6 is 0 Å². The molecule has 1 saturated heterocycles. The van der Waals surface area contributed by atoms with E-state index in [-0.39, 0.29) is 18.1 Å². The van der Waals surface area contributed by atoms with Crippen molar-refractivity contribution in [1.29, 1.82) is 0 Å². The third-order valence-electron chi connectivity index (χ3n) is 5.98. The molecule has 2 N–H and O–H groups in total. The van der Waals surface area contributed by atoms with Crippen LogP contribution in [0.1, 0.15) is 51.1 Å². The molecule has 1 fully saturated rings. The second-order valence-corrected chi connectivity index (χ2v) is 8.67. The topological polar surface area (TPSA) is 74.4 Å². The Morgan fingerprint density at radius 2 is 1.82 bits per heavy atom. The zero-order chi connectivity index (χ0) is 24.3. The summed E-state index contributed by atoms with van der Waals surface area (Å²) in [5, 5.41) is 2.76. The number of amides is 1. The zero-order valence-corrected chi connectivity index (χ0v) is 19.4. The number of carbonyl (C=O) groups is 1. The largest absolute Gasteiger partial charge is 0.405 e. The number of aryl methyl sites for hydroxylation is 3. The average Bonchev–Trinajstić information content (AvgIpc) is 2.72. The van der Waals surface area contributed by atoms with Crippen molar-refractivity contribution in [3.05, 3.63) is 62.1 Å². The molecule has 6 nitrogen and oxygen atoms in total. The molecule has 0 aliphatic carbocycles. The summed E-state index contributed by atoms with van der Waals surface area (Å²) in [4.78, 5) is 29.4. The van der Waals surface area contributed by atoms with Gasteiger partial charge in [-0.1, -0.05) is 0 Å². The lowest BCUT2D eigenvalue weighted by Gasteiger charge is -2.38. The zero-order valence-electron chi connectivity index (χ0n) is 19.4. The predicted octanol–water partition coefficient (Wildman–Crippen LogP) is 4.09. The molecule has 9 heteroatoms. The molecule has 0 unspecified atom stereocenters. The second kappa shape index (κ2) is 9.99. The van der Waals surface area contributed by atoms with E-state index in [2.05, 4.69) is 10.3 Å². The van der Waals surface area contributed by atoms with Crippen LogP contribution in [0, 0.1) is 27.7 Å². The van der Waals surface area contributed by atoms with Gasteiger partial charge in [0.2, 0.25) is 0 Å². The van der Waals surface area contributed by atoms with Gasteiger partial charge in [0, 0.05) is 48.3 Å². The maximum atomic E-state index is 13.5. The Bertz CT molecular complexity index is 1070. The third-order valence-corrected chi connectivity index (χ3v) is 5.98. The molecule has 0 radical (unpaired) electrons.